The first-order valence-corrected chi connectivity index (χ1v) is 7.86. The van der Waals surface area contributed by atoms with Crippen molar-refractivity contribution >= 4 is 23.0 Å². The second-order valence-electron chi connectivity index (χ2n) is 5.35. The number of unbranched alkanes of at least 4 members (excludes halogenated alkanes) is 4. The van der Waals surface area contributed by atoms with E-state index in [2.05, 4.69) is 6.92 Å². The van der Waals surface area contributed by atoms with E-state index in [1.165, 1.54) is 25.7 Å². The van der Waals surface area contributed by atoms with Gasteiger partial charge < -0.3 is 10.8 Å². The molecule has 0 fully saturated rings. The van der Waals surface area contributed by atoms with Gasteiger partial charge in [-0.05, 0) is 30.5 Å². The number of hydrogen-bond acceptors (Lipinski definition) is 2. The Balaban J connectivity index is 2.21. The molecule has 0 amide bonds. The van der Waals surface area contributed by atoms with Gasteiger partial charge in [0.05, 0.1) is 0 Å². The molecule has 3 heteroatoms. The standard InChI is InChI=1S/C17H25ClN2/c1-2-3-4-5-6-7-16(19)13-17(20)12-14-8-10-15(18)11-9-14/h8-11,19-20H,2-7,12-13H2,1H3. The third kappa shape index (κ3) is 7.44. The summed E-state index contributed by atoms with van der Waals surface area (Å²) in [6.45, 7) is 2.21. The molecule has 0 aliphatic rings. The summed E-state index contributed by atoms with van der Waals surface area (Å²) in [5.74, 6) is 0. The van der Waals surface area contributed by atoms with E-state index in [1.807, 2.05) is 24.3 Å². The summed E-state index contributed by atoms with van der Waals surface area (Å²) in [6.07, 6.45) is 8.08. The molecule has 1 rings (SSSR count). The molecule has 20 heavy (non-hydrogen) atoms. The summed E-state index contributed by atoms with van der Waals surface area (Å²) < 4.78 is 0. The van der Waals surface area contributed by atoms with Crippen LogP contribution >= 0.6 is 11.6 Å². The number of rotatable bonds is 10. The number of hydrogen-bond donors (Lipinski definition) is 2. The van der Waals surface area contributed by atoms with Crippen molar-refractivity contribution < 1.29 is 0 Å². The molecule has 0 bridgehead atoms. The van der Waals surface area contributed by atoms with Crippen LogP contribution in [0, 0.1) is 10.8 Å². The van der Waals surface area contributed by atoms with Gasteiger partial charge in [-0.25, -0.2) is 0 Å². The first kappa shape index (κ1) is 16.9. The van der Waals surface area contributed by atoms with E-state index in [9.17, 15) is 0 Å². The molecule has 0 aliphatic heterocycles. The van der Waals surface area contributed by atoms with Crippen molar-refractivity contribution in [1.82, 2.24) is 0 Å². The Morgan fingerprint density at radius 3 is 2.25 bits per heavy atom. The van der Waals surface area contributed by atoms with Crippen molar-refractivity contribution in [2.75, 3.05) is 0 Å². The minimum Gasteiger partial charge on any atom is -0.309 e. The van der Waals surface area contributed by atoms with E-state index in [1.54, 1.807) is 0 Å². The Bertz CT molecular complexity index is 423. The van der Waals surface area contributed by atoms with Crippen molar-refractivity contribution in [2.45, 2.75) is 58.3 Å². The fourth-order valence-electron chi connectivity index (χ4n) is 2.20. The maximum Gasteiger partial charge on any atom is 0.0406 e. The van der Waals surface area contributed by atoms with Crippen LogP contribution in [0.1, 0.15) is 57.4 Å². The van der Waals surface area contributed by atoms with Gasteiger partial charge in [0.25, 0.3) is 0 Å². The molecule has 2 N–H and O–H groups in total. The maximum atomic E-state index is 7.98. The molecule has 0 atom stereocenters. The smallest absolute Gasteiger partial charge is 0.0406 e. The Labute approximate surface area is 127 Å². The molecule has 0 saturated carbocycles. The van der Waals surface area contributed by atoms with Gasteiger partial charge in [0.1, 0.15) is 0 Å². The Hall–Kier alpha value is -1.15. The highest BCUT2D eigenvalue weighted by Gasteiger charge is 2.04. The molecular formula is C17H25ClN2. The topological polar surface area (TPSA) is 47.7 Å². The van der Waals surface area contributed by atoms with Gasteiger partial charge in [0.15, 0.2) is 0 Å². The highest BCUT2D eigenvalue weighted by Crippen LogP contribution is 2.12. The lowest BCUT2D eigenvalue weighted by Gasteiger charge is -2.06. The quantitative estimate of drug-likeness (QED) is 0.412. The third-order valence-corrected chi connectivity index (χ3v) is 3.59. The molecule has 0 saturated heterocycles. The Morgan fingerprint density at radius 1 is 0.950 bits per heavy atom. The van der Waals surface area contributed by atoms with E-state index in [0.29, 0.717) is 24.3 Å². The normalized spacial score (nSPS) is 10.5. The summed E-state index contributed by atoms with van der Waals surface area (Å²) >= 11 is 5.84. The van der Waals surface area contributed by atoms with E-state index in [4.69, 9.17) is 22.4 Å². The van der Waals surface area contributed by atoms with Crippen LogP contribution in [-0.2, 0) is 6.42 Å². The predicted octanol–water partition coefficient (Wildman–Crippen LogP) is 5.67. The molecule has 1 aromatic carbocycles. The molecular weight excluding hydrogens is 268 g/mol. The van der Waals surface area contributed by atoms with Gasteiger partial charge in [-0.15, -0.1) is 0 Å². The summed E-state index contributed by atoms with van der Waals surface area (Å²) in [5, 5.41) is 16.6. The fraction of sp³-hybridized carbons (Fsp3) is 0.529. The molecule has 0 unspecified atom stereocenters. The third-order valence-electron chi connectivity index (χ3n) is 3.34. The first-order valence-electron chi connectivity index (χ1n) is 7.49. The summed E-state index contributed by atoms with van der Waals surface area (Å²) in [5.41, 5.74) is 2.40. The zero-order chi connectivity index (χ0) is 14.8. The fourth-order valence-corrected chi connectivity index (χ4v) is 2.33. The van der Waals surface area contributed by atoms with Crippen LogP contribution in [0.2, 0.25) is 5.02 Å². The van der Waals surface area contributed by atoms with Crippen molar-refractivity contribution in [3.63, 3.8) is 0 Å². The van der Waals surface area contributed by atoms with Gasteiger partial charge >= 0.3 is 0 Å². The molecule has 0 radical (unpaired) electrons. The van der Waals surface area contributed by atoms with Gasteiger partial charge in [-0.1, -0.05) is 56.3 Å². The van der Waals surface area contributed by atoms with Crippen LogP contribution in [0.3, 0.4) is 0 Å². The highest BCUT2D eigenvalue weighted by atomic mass is 35.5. The van der Waals surface area contributed by atoms with Crippen LogP contribution < -0.4 is 0 Å². The van der Waals surface area contributed by atoms with Gasteiger partial charge in [-0.2, -0.15) is 0 Å². The molecule has 2 nitrogen and oxygen atoms in total. The van der Waals surface area contributed by atoms with Crippen molar-refractivity contribution in [1.29, 1.82) is 10.8 Å². The minimum atomic E-state index is 0.510. The molecule has 0 spiro atoms. The van der Waals surface area contributed by atoms with E-state index < -0.39 is 0 Å². The molecule has 1 aromatic rings. The minimum absolute atomic E-state index is 0.510. The second kappa shape index (κ2) is 9.71. The first-order chi connectivity index (χ1) is 9.61. The number of halogens is 1. The van der Waals surface area contributed by atoms with Gasteiger partial charge in [0.2, 0.25) is 0 Å². The summed E-state index contributed by atoms with van der Waals surface area (Å²) in [7, 11) is 0. The monoisotopic (exact) mass is 292 g/mol. The molecule has 0 aliphatic carbocycles. The lowest BCUT2D eigenvalue weighted by Crippen LogP contribution is -2.09. The van der Waals surface area contributed by atoms with Crippen LogP contribution in [0.15, 0.2) is 24.3 Å². The van der Waals surface area contributed by atoms with Crippen LogP contribution in [0.5, 0.6) is 0 Å². The maximum absolute atomic E-state index is 7.98. The largest absolute Gasteiger partial charge is 0.309 e. The number of benzene rings is 1. The average molecular weight is 293 g/mol. The number of nitrogens with one attached hydrogen (secondary N) is 2. The lowest BCUT2D eigenvalue weighted by atomic mass is 10.0. The zero-order valence-corrected chi connectivity index (χ0v) is 13.1. The van der Waals surface area contributed by atoms with Gasteiger partial charge in [0, 0.05) is 29.3 Å². The molecule has 110 valence electrons. The predicted molar refractivity (Wildman–Crippen MR) is 88.6 cm³/mol. The van der Waals surface area contributed by atoms with E-state index in [0.717, 1.165) is 23.4 Å². The zero-order valence-electron chi connectivity index (χ0n) is 12.3. The van der Waals surface area contributed by atoms with E-state index in [-0.39, 0.29) is 0 Å². The van der Waals surface area contributed by atoms with Crippen LogP contribution in [-0.4, -0.2) is 11.4 Å². The molecule has 0 aromatic heterocycles. The van der Waals surface area contributed by atoms with E-state index >= 15 is 0 Å². The summed E-state index contributed by atoms with van der Waals surface area (Å²) in [4.78, 5) is 0. The molecule has 0 heterocycles. The Morgan fingerprint density at radius 2 is 1.60 bits per heavy atom. The highest BCUT2D eigenvalue weighted by molar-refractivity contribution is 6.30. The Kier molecular flexibility index (Phi) is 8.20. The van der Waals surface area contributed by atoms with Gasteiger partial charge in [-0.3, -0.25) is 0 Å². The van der Waals surface area contributed by atoms with Crippen molar-refractivity contribution in [2.24, 2.45) is 0 Å². The summed E-state index contributed by atoms with van der Waals surface area (Å²) in [6, 6.07) is 7.60. The SMILES string of the molecule is CCCCCCCC(=N)CC(=N)Cc1ccc(Cl)cc1. The van der Waals surface area contributed by atoms with Crippen molar-refractivity contribution in [3.8, 4) is 0 Å². The average Bonchev–Trinajstić information content (AvgIpc) is 2.41. The van der Waals surface area contributed by atoms with Crippen molar-refractivity contribution in [3.05, 3.63) is 34.9 Å². The van der Waals surface area contributed by atoms with Crippen LogP contribution in [0.25, 0.3) is 0 Å². The lowest BCUT2D eigenvalue weighted by molar-refractivity contribution is 0.642. The van der Waals surface area contributed by atoms with Crippen LogP contribution in [0.4, 0.5) is 0 Å². The second-order valence-corrected chi connectivity index (χ2v) is 5.79.